The Bertz CT molecular complexity index is 547. The maximum absolute atomic E-state index is 6.50. The lowest BCUT2D eigenvalue weighted by molar-refractivity contribution is 0.136. The molecule has 152 valence electrons. The van der Waals surface area contributed by atoms with Gasteiger partial charge in [0.2, 0.25) is 0 Å². The first kappa shape index (κ1) is 20.9. The van der Waals surface area contributed by atoms with Crippen LogP contribution in [0.4, 0.5) is 0 Å². The minimum absolute atomic E-state index is 0.202. The largest absolute Gasteiger partial charge is 0.316 e. The number of fused-ring (bicyclic) bond motifs is 1. The number of allylic oxidation sites excluding steroid dienone is 3. The highest BCUT2D eigenvalue weighted by Crippen LogP contribution is 2.43. The molecule has 0 spiro atoms. The van der Waals surface area contributed by atoms with Crippen LogP contribution in [0.2, 0.25) is 0 Å². The molecule has 2 nitrogen and oxygen atoms in total. The fourth-order valence-electron chi connectivity index (χ4n) is 5.88. The molecule has 1 saturated heterocycles. The Balaban J connectivity index is 1.62. The van der Waals surface area contributed by atoms with Crippen LogP contribution in [0.5, 0.6) is 0 Å². The zero-order chi connectivity index (χ0) is 19.2. The smallest absolute Gasteiger partial charge is 0.0575 e. The second kappa shape index (κ2) is 10.1. The van der Waals surface area contributed by atoms with Crippen LogP contribution in [0, 0.1) is 23.7 Å². The fourth-order valence-corrected chi connectivity index (χ4v) is 5.88. The van der Waals surface area contributed by atoms with Crippen molar-refractivity contribution in [2.24, 2.45) is 29.4 Å². The van der Waals surface area contributed by atoms with Crippen LogP contribution in [0.3, 0.4) is 0 Å². The molecule has 0 bridgehead atoms. The third kappa shape index (κ3) is 5.15. The van der Waals surface area contributed by atoms with Gasteiger partial charge in [0.05, 0.1) is 6.17 Å². The first-order valence-electron chi connectivity index (χ1n) is 11.6. The third-order valence-electron chi connectivity index (χ3n) is 7.73. The number of nitrogens with zero attached hydrogens (tertiary/aromatic N) is 1. The van der Waals surface area contributed by atoms with Gasteiger partial charge in [-0.05, 0) is 73.3 Å². The van der Waals surface area contributed by atoms with E-state index in [9.17, 15) is 0 Å². The summed E-state index contributed by atoms with van der Waals surface area (Å²) >= 11 is 0. The van der Waals surface area contributed by atoms with E-state index in [1.165, 1.54) is 44.9 Å². The molecule has 0 aromatic heterocycles. The van der Waals surface area contributed by atoms with Gasteiger partial charge in [-0.25, -0.2) is 0 Å². The van der Waals surface area contributed by atoms with Crippen molar-refractivity contribution in [2.75, 3.05) is 13.1 Å². The Hall–Kier alpha value is -0.860. The Morgan fingerprint density at radius 2 is 2.11 bits per heavy atom. The van der Waals surface area contributed by atoms with Gasteiger partial charge in [-0.2, -0.15) is 0 Å². The van der Waals surface area contributed by atoms with E-state index < -0.39 is 0 Å². The highest BCUT2D eigenvalue weighted by Gasteiger charge is 2.34. The zero-order valence-corrected chi connectivity index (χ0v) is 17.8. The number of rotatable bonds is 8. The molecule has 2 fully saturated rings. The summed E-state index contributed by atoms with van der Waals surface area (Å²) in [7, 11) is 0. The van der Waals surface area contributed by atoms with Gasteiger partial charge in [0.15, 0.2) is 0 Å². The molecular weight excluding hydrogens is 328 g/mol. The van der Waals surface area contributed by atoms with Gasteiger partial charge in [0, 0.05) is 13.1 Å². The van der Waals surface area contributed by atoms with Crippen molar-refractivity contribution in [2.45, 2.75) is 84.2 Å². The molecule has 0 radical (unpaired) electrons. The third-order valence-corrected chi connectivity index (χ3v) is 7.73. The number of nitrogens with two attached hydrogens (primary N) is 1. The van der Waals surface area contributed by atoms with E-state index in [0.717, 1.165) is 56.0 Å². The summed E-state index contributed by atoms with van der Waals surface area (Å²) in [5.74, 6) is 3.44. The predicted octanol–water partition coefficient (Wildman–Crippen LogP) is 6.06. The van der Waals surface area contributed by atoms with Crippen molar-refractivity contribution in [1.82, 2.24) is 4.90 Å². The lowest BCUT2D eigenvalue weighted by Crippen LogP contribution is -2.46. The van der Waals surface area contributed by atoms with Crippen LogP contribution < -0.4 is 5.73 Å². The van der Waals surface area contributed by atoms with Crippen LogP contribution in [0.15, 0.2) is 36.0 Å². The number of likely N-dealkylation sites (tertiary alicyclic amines) is 1. The van der Waals surface area contributed by atoms with E-state index in [0.29, 0.717) is 0 Å². The summed E-state index contributed by atoms with van der Waals surface area (Å²) in [6, 6.07) is 0. The summed E-state index contributed by atoms with van der Waals surface area (Å²) in [5, 5.41) is 0. The maximum atomic E-state index is 6.50. The van der Waals surface area contributed by atoms with Crippen LogP contribution in [0.1, 0.15) is 78.1 Å². The molecule has 1 heterocycles. The molecule has 5 unspecified atom stereocenters. The average molecular weight is 371 g/mol. The normalized spacial score (nSPS) is 31.4. The van der Waals surface area contributed by atoms with Gasteiger partial charge in [-0.3, -0.25) is 4.90 Å². The second-order valence-corrected chi connectivity index (χ2v) is 9.30. The molecular formula is C25H42N2. The first-order valence-corrected chi connectivity index (χ1v) is 11.6. The second-order valence-electron chi connectivity index (χ2n) is 9.30. The molecule has 0 amide bonds. The topological polar surface area (TPSA) is 29.3 Å². The molecule has 3 rings (SSSR count). The molecule has 1 aliphatic heterocycles. The molecule has 5 atom stereocenters. The monoisotopic (exact) mass is 370 g/mol. The molecule has 0 aromatic carbocycles. The quantitative estimate of drug-likeness (QED) is 0.416. The number of hydrogen-bond acceptors (Lipinski definition) is 2. The number of hydrogen-bond donors (Lipinski definition) is 1. The molecule has 1 saturated carbocycles. The van der Waals surface area contributed by atoms with E-state index in [-0.39, 0.29) is 6.17 Å². The minimum Gasteiger partial charge on any atom is -0.316 e. The lowest BCUT2D eigenvalue weighted by Gasteiger charge is -2.41. The Morgan fingerprint density at radius 1 is 1.30 bits per heavy atom. The number of unbranched alkanes of at least 4 members (excludes halogenated alkanes) is 1. The zero-order valence-electron chi connectivity index (χ0n) is 17.8. The first-order chi connectivity index (χ1) is 13.1. The fraction of sp³-hybridized carbons (Fsp3) is 0.760. The molecule has 3 aliphatic rings. The van der Waals surface area contributed by atoms with E-state index in [1.54, 1.807) is 11.1 Å². The number of piperidine rings is 1. The van der Waals surface area contributed by atoms with Gasteiger partial charge in [0.1, 0.15) is 0 Å². The molecule has 2 N–H and O–H groups in total. The molecule has 2 heteroatoms. The Labute approximate surface area is 168 Å². The maximum Gasteiger partial charge on any atom is 0.0575 e. The summed E-state index contributed by atoms with van der Waals surface area (Å²) in [6.45, 7) is 11.0. The van der Waals surface area contributed by atoms with Gasteiger partial charge in [0.25, 0.3) is 0 Å². The minimum atomic E-state index is 0.202. The summed E-state index contributed by atoms with van der Waals surface area (Å²) < 4.78 is 0. The molecule has 0 aromatic rings. The Morgan fingerprint density at radius 3 is 2.89 bits per heavy atom. The van der Waals surface area contributed by atoms with E-state index in [4.69, 9.17) is 5.73 Å². The van der Waals surface area contributed by atoms with Crippen LogP contribution in [-0.2, 0) is 0 Å². The van der Waals surface area contributed by atoms with E-state index in [2.05, 4.69) is 37.5 Å². The SMILES string of the molecule is C=CCCCC(N)N1CCC2=CCC(C(C)C3CCCCC3CC)C=C2C1. The van der Waals surface area contributed by atoms with E-state index in [1.807, 2.05) is 6.08 Å². The van der Waals surface area contributed by atoms with Crippen molar-refractivity contribution in [3.8, 4) is 0 Å². The van der Waals surface area contributed by atoms with Gasteiger partial charge in [-0.1, -0.05) is 57.8 Å². The van der Waals surface area contributed by atoms with Crippen molar-refractivity contribution in [3.63, 3.8) is 0 Å². The van der Waals surface area contributed by atoms with Gasteiger partial charge >= 0.3 is 0 Å². The summed E-state index contributed by atoms with van der Waals surface area (Å²) in [6.07, 6.45) is 20.4. The Kier molecular flexibility index (Phi) is 7.78. The predicted molar refractivity (Wildman–Crippen MR) is 117 cm³/mol. The van der Waals surface area contributed by atoms with Gasteiger partial charge < -0.3 is 5.73 Å². The van der Waals surface area contributed by atoms with Crippen LogP contribution in [-0.4, -0.2) is 24.2 Å². The highest BCUT2D eigenvalue weighted by molar-refractivity contribution is 5.38. The molecule has 27 heavy (non-hydrogen) atoms. The van der Waals surface area contributed by atoms with Crippen LogP contribution in [0.25, 0.3) is 0 Å². The average Bonchev–Trinajstić information content (AvgIpc) is 2.72. The van der Waals surface area contributed by atoms with Crippen molar-refractivity contribution < 1.29 is 0 Å². The summed E-state index contributed by atoms with van der Waals surface area (Å²) in [5.41, 5.74) is 9.71. The van der Waals surface area contributed by atoms with Crippen molar-refractivity contribution in [3.05, 3.63) is 36.0 Å². The van der Waals surface area contributed by atoms with Crippen LogP contribution >= 0.6 is 0 Å². The van der Waals surface area contributed by atoms with Gasteiger partial charge in [-0.15, -0.1) is 6.58 Å². The van der Waals surface area contributed by atoms with E-state index >= 15 is 0 Å². The standard InChI is InChI=1S/C25H42N2/c1-4-6-7-12-25(26)27-16-15-21-13-14-22(17-23(21)18-27)19(3)24-11-9-8-10-20(24)5-2/h4,13,17,19-20,22,24-25H,1,5-12,14-16,18,26H2,2-3H3. The lowest BCUT2D eigenvalue weighted by atomic mass is 9.66. The molecule has 2 aliphatic carbocycles. The van der Waals surface area contributed by atoms with Crippen molar-refractivity contribution >= 4 is 0 Å². The highest BCUT2D eigenvalue weighted by atomic mass is 15.2. The van der Waals surface area contributed by atoms with Crippen molar-refractivity contribution in [1.29, 1.82) is 0 Å². The summed E-state index contributed by atoms with van der Waals surface area (Å²) in [4.78, 5) is 2.51.